The molecule has 1 unspecified atom stereocenters. The smallest absolute Gasteiger partial charge is 0.314 e. The molecule has 1 atom stereocenters. The Bertz CT molecular complexity index is 199. The second kappa shape index (κ2) is 6.63. The highest BCUT2D eigenvalue weighted by Gasteiger charge is 2.19. The predicted octanol–water partition coefficient (Wildman–Crippen LogP) is 0.0262. The Kier molecular flexibility index (Phi) is 5.42. The maximum Gasteiger partial charge on any atom is 0.314 e. The van der Waals surface area contributed by atoms with Crippen molar-refractivity contribution in [2.45, 2.75) is 20.0 Å². The molecule has 1 heterocycles. The third-order valence-electron chi connectivity index (χ3n) is 2.50. The van der Waals surface area contributed by atoms with Crippen LogP contribution >= 0.6 is 0 Å². The fourth-order valence-electron chi connectivity index (χ4n) is 1.62. The van der Waals surface area contributed by atoms with Gasteiger partial charge in [0.25, 0.3) is 0 Å². The molecule has 1 rings (SSSR count). The Morgan fingerprint density at radius 3 is 2.93 bits per heavy atom. The molecule has 88 valence electrons. The van der Waals surface area contributed by atoms with Crippen LogP contribution in [0.25, 0.3) is 0 Å². The number of urea groups is 1. The van der Waals surface area contributed by atoms with Gasteiger partial charge in [-0.1, -0.05) is 6.92 Å². The van der Waals surface area contributed by atoms with E-state index in [9.17, 15) is 4.79 Å². The van der Waals surface area contributed by atoms with Gasteiger partial charge in [0.15, 0.2) is 0 Å². The van der Waals surface area contributed by atoms with Gasteiger partial charge in [0, 0.05) is 26.2 Å². The average molecular weight is 215 g/mol. The lowest BCUT2D eigenvalue weighted by molar-refractivity contribution is -0.0239. The molecule has 2 N–H and O–H groups in total. The first kappa shape index (κ1) is 12.3. The third-order valence-corrected chi connectivity index (χ3v) is 2.50. The lowest BCUT2D eigenvalue weighted by Crippen LogP contribution is -2.48. The van der Waals surface area contributed by atoms with Gasteiger partial charge in [-0.15, -0.1) is 0 Å². The Morgan fingerprint density at radius 2 is 2.27 bits per heavy atom. The molecule has 0 aromatic heterocycles. The number of amides is 2. The number of rotatable bonds is 4. The minimum Gasteiger partial charge on any atom is -0.374 e. The summed E-state index contributed by atoms with van der Waals surface area (Å²) in [7, 11) is 0. The number of hydrogen-bond donors (Lipinski definition) is 2. The van der Waals surface area contributed by atoms with E-state index in [-0.39, 0.29) is 12.1 Å². The van der Waals surface area contributed by atoms with Gasteiger partial charge in [0.05, 0.1) is 12.7 Å². The average Bonchev–Trinajstić information content (AvgIpc) is 2.27. The molecule has 0 aliphatic carbocycles. The highest BCUT2D eigenvalue weighted by atomic mass is 16.5. The maximum absolute atomic E-state index is 11.1. The van der Waals surface area contributed by atoms with E-state index >= 15 is 0 Å². The lowest BCUT2D eigenvalue weighted by Gasteiger charge is -2.32. The summed E-state index contributed by atoms with van der Waals surface area (Å²) in [4.78, 5) is 13.5. The van der Waals surface area contributed by atoms with Gasteiger partial charge in [-0.05, 0) is 13.5 Å². The van der Waals surface area contributed by atoms with Crippen LogP contribution in [0.4, 0.5) is 4.79 Å². The molecule has 2 amide bonds. The Morgan fingerprint density at radius 1 is 1.47 bits per heavy atom. The SMILES string of the molecule is CCNC(=O)NCC1CN(CC)CCO1. The van der Waals surface area contributed by atoms with Gasteiger partial charge in [0.2, 0.25) is 0 Å². The zero-order valence-corrected chi connectivity index (χ0v) is 9.58. The number of likely N-dealkylation sites (N-methyl/N-ethyl adjacent to an activating group) is 1. The molecule has 0 aromatic rings. The third kappa shape index (κ3) is 4.48. The van der Waals surface area contributed by atoms with Crippen LogP contribution in [0.3, 0.4) is 0 Å². The molecular formula is C10H21N3O2. The molecule has 1 aliphatic heterocycles. The van der Waals surface area contributed by atoms with E-state index in [1.165, 1.54) is 0 Å². The van der Waals surface area contributed by atoms with E-state index in [1.54, 1.807) is 0 Å². The van der Waals surface area contributed by atoms with Gasteiger partial charge in [-0.3, -0.25) is 4.90 Å². The number of hydrogen-bond acceptors (Lipinski definition) is 3. The second-order valence-corrected chi connectivity index (χ2v) is 3.63. The highest BCUT2D eigenvalue weighted by Crippen LogP contribution is 2.03. The highest BCUT2D eigenvalue weighted by molar-refractivity contribution is 5.73. The van der Waals surface area contributed by atoms with E-state index in [2.05, 4.69) is 22.5 Å². The number of nitrogens with zero attached hydrogens (tertiary/aromatic N) is 1. The van der Waals surface area contributed by atoms with E-state index in [0.717, 1.165) is 26.2 Å². The lowest BCUT2D eigenvalue weighted by atomic mass is 10.2. The molecule has 1 saturated heterocycles. The fraction of sp³-hybridized carbons (Fsp3) is 0.900. The molecule has 0 spiro atoms. The summed E-state index contributed by atoms with van der Waals surface area (Å²) >= 11 is 0. The van der Waals surface area contributed by atoms with Crippen LogP contribution in [0, 0.1) is 0 Å². The normalized spacial score (nSPS) is 22.4. The predicted molar refractivity (Wildman–Crippen MR) is 58.9 cm³/mol. The molecule has 5 heteroatoms. The first-order valence-electron chi connectivity index (χ1n) is 5.62. The van der Waals surface area contributed by atoms with Crippen LogP contribution in [0.1, 0.15) is 13.8 Å². The number of morpholine rings is 1. The van der Waals surface area contributed by atoms with Crippen LogP contribution in [0.15, 0.2) is 0 Å². The van der Waals surface area contributed by atoms with Crippen molar-refractivity contribution < 1.29 is 9.53 Å². The zero-order chi connectivity index (χ0) is 11.1. The quantitative estimate of drug-likeness (QED) is 0.695. The maximum atomic E-state index is 11.1. The molecule has 0 aromatic carbocycles. The van der Waals surface area contributed by atoms with Crippen molar-refractivity contribution in [1.82, 2.24) is 15.5 Å². The summed E-state index contributed by atoms with van der Waals surface area (Å²) in [6.45, 7) is 8.98. The van der Waals surface area contributed by atoms with E-state index in [1.807, 2.05) is 6.92 Å². The Labute approximate surface area is 91.2 Å². The van der Waals surface area contributed by atoms with Crippen LogP contribution in [-0.2, 0) is 4.74 Å². The number of nitrogens with one attached hydrogen (secondary N) is 2. The molecule has 1 fully saturated rings. The monoisotopic (exact) mass is 215 g/mol. The summed E-state index contributed by atoms with van der Waals surface area (Å²) < 4.78 is 5.55. The van der Waals surface area contributed by atoms with Gasteiger partial charge in [0.1, 0.15) is 0 Å². The number of carbonyl (C=O) groups excluding carboxylic acids is 1. The van der Waals surface area contributed by atoms with Gasteiger partial charge < -0.3 is 15.4 Å². The van der Waals surface area contributed by atoms with Crippen LogP contribution in [0.5, 0.6) is 0 Å². The molecule has 15 heavy (non-hydrogen) atoms. The van der Waals surface area contributed by atoms with Crippen molar-refractivity contribution in [3.63, 3.8) is 0 Å². The standard InChI is InChI=1S/C10H21N3O2/c1-3-11-10(14)12-7-9-8-13(4-2)5-6-15-9/h9H,3-8H2,1-2H3,(H2,11,12,14). The van der Waals surface area contributed by atoms with Crippen molar-refractivity contribution in [3.05, 3.63) is 0 Å². The number of carbonyl (C=O) groups is 1. The fourth-order valence-corrected chi connectivity index (χ4v) is 1.62. The first-order valence-corrected chi connectivity index (χ1v) is 5.62. The summed E-state index contributed by atoms with van der Waals surface area (Å²) in [6, 6.07) is -0.116. The second-order valence-electron chi connectivity index (χ2n) is 3.63. The van der Waals surface area contributed by atoms with Gasteiger partial charge >= 0.3 is 6.03 Å². The summed E-state index contributed by atoms with van der Waals surface area (Å²) in [5.41, 5.74) is 0. The molecule has 0 saturated carbocycles. The molecule has 5 nitrogen and oxygen atoms in total. The van der Waals surface area contributed by atoms with Crippen molar-refractivity contribution in [2.75, 3.05) is 39.3 Å². The van der Waals surface area contributed by atoms with Gasteiger partial charge in [-0.2, -0.15) is 0 Å². The Balaban J connectivity index is 2.17. The molecule has 0 bridgehead atoms. The van der Waals surface area contributed by atoms with Crippen molar-refractivity contribution in [2.24, 2.45) is 0 Å². The van der Waals surface area contributed by atoms with Crippen molar-refractivity contribution in [3.8, 4) is 0 Å². The zero-order valence-electron chi connectivity index (χ0n) is 9.58. The van der Waals surface area contributed by atoms with E-state index < -0.39 is 0 Å². The molecular weight excluding hydrogens is 194 g/mol. The summed E-state index contributed by atoms with van der Waals surface area (Å²) in [5, 5.41) is 5.49. The topological polar surface area (TPSA) is 53.6 Å². The molecule has 1 aliphatic rings. The molecule has 0 radical (unpaired) electrons. The first-order chi connectivity index (χ1) is 7.26. The Hall–Kier alpha value is -0.810. The van der Waals surface area contributed by atoms with E-state index in [0.29, 0.717) is 13.1 Å². The van der Waals surface area contributed by atoms with Crippen LogP contribution in [-0.4, -0.2) is 56.4 Å². The largest absolute Gasteiger partial charge is 0.374 e. The summed E-state index contributed by atoms with van der Waals surface area (Å²) in [6.07, 6.45) is 0.126. The van der Waals surface area contributed by atoms with Crippen molar-refractivity contribution >= 4 is 6.03 Å². The minimum atomic E-state index is -0.116. The van der Waals surface area contributed by atoms with Crippen molar-refractivity contribution in [1.29, 1.82) is 0 Å². The number of ether oxygens (including phenoxy) is 1. The van der Waals surface area contributed by atoms with Crippen LogP contribution < -0.4 is 10.6 Å². The minimum absolute atomic E-state index is 0.116. The summed E-state index contributed by atoms with van der Waals surface area (Å²) in [5.74, 6) is 0. The van der Waals surface area contributed by atoms with E-state index in [4.69, 9.17) is 4.74 Å². The van der Waals surface area contributed by atoms with Crippen LogP contribution in [0.2, 0.25) is 0 Å². The van der Waals surface area contributed by atoms with Gasteiger partial charge in [-0.25, -0.2) is 4.79 Å².